The van der Waals surface area contributed by atoms with Crippen molar-refractivity contribution in [3.8, 4) is 5.75 Å². The number of halogens is 1. The minimum Gasteiger partial charge on any atom is -0.490 e. The standard InChI is InChI=1S/C15H22ClNO/c1-10(2)15(12-6-7-17-9-12)18-14-5-4-13(16)8-11(14)3/h4-5,8,10,12,15,17H,6-7,9H2,1-3H3/t12?,15-/m0/s1. The van der Waals surface area contributed by atoms with Gasteiger partial charge in [-0.1, -0.05) is 25.4 Å². The maximum atomic E-state index is 6.25. The van der Waals surface area contributed by atoms with Crippen molar-refractivity contribution in [1.82, 2.24) is 5.32 Å². The van der Waals surface area contributed by atoms with Crippen LogP contribution < -0.4 is 10.1 Å². The monoisotopic (exact) mass is 267 g/mol. The zero-order chi connectivity index (χ0) is 13.1. The maximum absolute atomic E-state index is 6.25. The van der Waals surface area contributed by atoms with Gasteiger partial charge < -0.3 is 10.1 Å². The van der Waals surface area contributed by atoms with Gasteiger partial charge in [0.15, 0.2) is 0 Å². The Labute approximate surface area is 115 Å². The van der Waals surface area contributed by atoms with Gasteiger partial charge in [-0.2, -0.15) is 0 Å². The quantitative estimate of drug-likeness (QED) is 0.899. The van der Waals surface area contributed by atoms with Gasteiger partial charge in [0.25, 0.3) is 0 Å². The number of hydrogen-bond donors (Lipinski definition) is 1. The summed E-state index contributed by atoms with van der Waals surface area (Å²) in [6, 6.07) is 5.84. The SMILES string of the molecule is Cc1cc(Cl)ccc1O[C@@H](C(C)C)C1CCNC1. The molecule has 0 amide bonds. The number of benzene rings is 1. The summed E-state index contributed by atoms with van der Waals surface area (Å²) in [5.74, 6) is 2.09. The van der Waals surface area contributed by atoms with Gasteiger partial charge in [0, 0.05) is 17.5 Å². The van der Waals surface area contributed by atoms with Crippen molar-refractivity contribution in [1.29, 1.82) is 0 Å². The predicted octanol–water partition coefficient (Wildman–Crippen LogP) is 3.66. The average Bonchev–Trinajstić information content (AvgIpc) is 2.80. The van der Waals surface area contributed by atoms with Crippen molar-refractivity contribution < 1.29 is 4.74 Å². The lowest BCUT2D eigenvalue weighted by Gasteiger charge is -2.28. The van der Waals surface area contributed by atoms with Crippen molar-refractivity contribution in [2.45, 2.75) is 33.3 Å². The van der Waals surface area contributed by atoms with Crippen LogP contribution in [0.4, 0.5) is 0 Å². The molecular weight excluding hydrogens is 246 g/mol. The van der Waals surface area contributed by atoms with E-state index < -0.39 is 0 Å². The van der Waals surface area contributed by atoms with E-state index in [0.717, 1.165) is 29.4 Å². The zero-order valence-electron chi connectivity index (χ0n) is 11.4. The summed E-state index contributed by atoms with van der Waals surface area (Å²) in [5.41, 5.74) is 1.11. The number of ether oxygens (including phenoxy) is 1. The lowest BCUT2D eigenvalue weighted by molar-refractivity contribution is 0.0966. The Kier molecular flexibility index (Phi) is 4.52. The molecule has 1 N–H and O–H groups in total. The minimum atomic E-state index is 0.278. The number of nitrogens with one attached hydrogen (secondary N) is 1. The molecule has 0 bridgehead atoms. The first-order valence-corrected chi connectivity index (χ1v) is 7.09. The summed E-state index contributed by atoms with van der Waals surface area (Å²) in [5, 5.41) is 4.18. The Bertz CT molecular complexity index is 399. The summed E-state index contributed by atoms with van der Waals surface area (Å²) in [6.45, 7) is 8.68. The van der Waals surface area contributed by atoms with E-state index in [2.05, 4.69) is 19.2 Å². The van der Waals surface area contributed by atoms with Gasteiger partial charge >= 0.3 is 0 Å². The molecule has 2 rings (SSSR count). The molecule has 1 fully saturated rings. The molecule has 1 aliphatic rings. The van der Waals surface area contributed by atoms with Gasteiger partial charge in [0.1, 0.15) is 11.9 Å². The van der Waals surface area contributed by atoms with E-state index in [9.17, 15) is 0 Å². The lowest BCUT2D eigenvalue weighted by Crippen LogP contribution is -2.33. The van der Waals surface area contributed by atoms with Crippen LogP contribution >= 0.6 is 11.6 Å². The highest BCUT2D eigenvalue weighted by atomic mass is 35.5. The van der Waals surface area contributed by atoms with Gasteiger partial charge in [-0.3, -0.25) is 0 Å². The summed E-state index contributed by atoms with van der Waals surface area (Å²) >= 11 is 5.98. The highest BCUT2D eigenvalue weighted by Crippen LogP contribution is 2.28. The molecule has 0 saturated carbocycles. The van der Waals surface area contributed by atoms with Gasteiger partial charge in [0.2, 0.25) is 0 Å². The van der Waals surface area contributed by atoms with E-state index in [-0.39, 0.29) is 6.10 Å². The summed E-state index contributed by atoms with van der Waals surface area (Å²) in [4.78, 5) is 0. The molecule has 0 aromatic heterocycles. The van der Waals surface area contributed by atoms with E-state index in [1.165, 1.54) is 6.42 Å². The summed E-state index contributed by atoms with van der Waals surface area (Å²) in [7, 11) is 0. The molecule has 1 aliphatic heterocycles. The number of hydrogen-bond acceptors (Lipinski definition) is 2. The van der Waals surface area contributed by atoms with Crippen molar-refractivity contribution in [3.63, 3.8) is 0 Å². The van der Waals surface area contributed by atoms with Crippen LogP contribution in [0, 0.1) is 18.8 Å². The molecule has 3 heteroatoms. The van der Waals surface area contributed by atoms with Gasteiger partial charge in [-0.05, 0) is 49.6 Å². The average molecular weight is 268 g/mol. The molecule has 0 aliphatic carbocycles. The second-order valence-electron chi connectivity index (χ2n) is 5.49. The van der Waals surface area contributed by atoms with E-state index in [1.54, 1.807) is 0 Å². The first kappa shape index (κ1) is 13.7. The highest BCUT2D eigenvalue weighted by Gasteiger charge is 2.29. The lowest BCUT2D eigenvalue weighted by atomic mass is 9.92. The molecule has 18 heavy (non-hydrogen) atoms. The Balaban J connectivity index is 2.12. The maximum Gasteiger partial charge on any atom is 0.122 e. The number of aryl methyl sites for hydroxylation is 1. The van der Waals surface area contributed by atoms with Crippen LogP contribution in [0.3, 0.4) is 0 Å². The molecule has 1 unspecified atom stereocenters. The van der Waals surface area contributed by atoms with E-state index in [1.807, 2.05) is 25.1 Å². The van der Waals surface area contributed by atoms with E-state index in [4.69, 9.17) is 16.3 Å². The first-order valence-electron chi connectivity index (χ1n) is 6.71. The fraction of sp³-hybridized carbons (Fsp3) is 0.600. The molecule has 1 aromatic carbocycles. The van der Waals surface area contributed by atoms with Crippen molar-refractivity contribution in [2.24, 2.45) is 11.8 Å². The zero-order valence-corrected chi connectivity index (χ0v) is 12.1. The van der Waals surface area contributed by atoms with Crippen LogP contribution in [0.5, 0.6) is 5.75 Å². The largest absolute Gasteiger partial charge is 0.490 e. The van der Waals surface area contributed by atoms with Crippen LogP contribution in [-0.4, -0.2) is 19.2 Å². The molecular formula is C15H22ClNO. The highest BCUT2D eigenvalue weighted by molar-refractivity contribution is 6.30. The van der Waals surface area contributed by atoms with Gasteiger partial charge in [-0.15, -0.1) is 0 Å². The van der Waals surface area contributed by atoms with Crippen molar-refractivity contribution in [2.75, 3.05) is 13.1 Å². The third kappa shape index (κ3) is 3.18. The normalized spacial score (nSPS) is 21.3. The van der Waals surface area contributed by atoms with Crippen LogP contribution in [0.15, 0.2) is 18.2 Å². The topological polar surface area (TPSA) is 21.3 Å². The van der Waals surface area contributed by atoms with Crippen molar-refractivity contribution in [3.05, 3.63) is 28.8 Å². The first-order chi connectivity index (χ1) is 8.58. The smallest absolute Gasteiger partial charge is 0.122 e. The Morgan fingerprint density at radius 2 is 2.17 bits per heavy atom. The molecule has 100 valence electrons. The van der Waals surface area contributed by atoms with Crippen molar-refractivity contribution >= 4 is 11.6 Å². The molecule has 1 aromatic rings. The number of rotatable bonds is 4. The molecule has 0 radical (unpaired) electrons. The van der Waals surface area contributed by atoms with E-state index in [0.29, 0.717) is 11.8 Å². The van der Waals surface area contributed by atoms with Crippen LogP contribution in [0.25, 0.3) is 0 Å². The fourth-order valence-electron chi connectivity index (χ4n) is 2.63. The summed E-state index contributed by atoms with van der Waals surface area (Å²) in [6.07, 6.45) is 1.48. The van der Waals surface area contributed by atoms with Crippen LogP contribution in [-0.2, 0) is 0 Å². The third-order valence-corrected chi connectivity index (χ3v) is 3.86. The fourth-order valence-corrected chi connectivity index (χ4v) is 2.85. The van der Waals surface area contributed by atoms with Crippen LogP contribution in [0.2, 0.25) is 5.02 Å². The molecule has 0 spiro atoms. The molecule has 2 atom stereocenters. The van der Waals surface area contributed by atoms with E-state index >= 15 is 0 Å². The van der Waals surface area contributed by atoms with Gasteiger partial charge in [0.05, 0.1) is 0 Å². The minimum absolute atomic E-state index is 0.278. The molecule has 1 heterocycles. The Morgan fingerprint density at radius 1 is 1.39 bits per heavy atom. The second-order valence-corrected chi connectivity index (χ2v) is 5.93. The third-order valence-electron chi connectivity index (χ3n) is 3.62. The molecule has 2 nitrogen and oxygen atoms in total. The predicted molar refractivity (Wildman–Crippen MR) is 76.4 cm³/mol. The Morgan fingerprint density at radius 3 is 2.72 bits per heavy atom. The van der Waals surface area contributed by atoms with Gasteiger partial charge in [-0.25, -0.2) is 0 Å². The summed E-state index contributed by atoms with van der Waals surface area (Å²) < 4.78 is 6.25. The second kappa shape index (κ2) is 5.94. The van der Waals surface area contributed by atoms with Crippen LogP contribution in [0.1, 0.15) is 25.8 Å². The molecule has 1 saturated heterocycles. The Hall–Kier alpha value is -0.730.